The topological polar surface area (TPSA) is 53.4 Å². The minimum atomic E-state index is -0.223. The maximum atomic E-state index is 7.86. The number of hydrogen-bond acceptors (Lipinski definition) is 8. The average molecular weight is 1190 g/mol. The maximum Gasteiger partial charge on any atom is 0.252 e. The highest BCUT2D eigenvalue weighted by atomic mass is 16.3. The van der Waals surface area contributed by atoms with Gasteiger partial charge in [0.25, 0.3) is 13.4 Å². The zero-order chi connectivity index (χ0) is 60.7. The lowest BCUT2D eigenvalue weighted by molar-refractivity contribution is 0.598. The maximum absolute atomic E-state index is 7.86. The van der Waals surface area contributed by atoms with Gasteiger partial charge in [-0.15, -0.1) is 0 Å². The van der Waals surface area contributed by atoms with E-state index in [1.165, 1.54) is 60.8 Å². The molecule has 10 heteroatoms. The molecule has 7 aliphatic rings. The highest BCUT2D eigenvalue weighted by molar-refractivity contribution is 7.03. The summed E-state index contributed by atoms with van der Waals surface area (Å²) in [4.78, 5) is 12.9. The second-order valence-electron chi connectivity index (χ2n) is 25.4. The van der Waals surface area contributed by atoms with Crippen LogP contribution in [0.5, 0.6) is 0 Å². The molecule has 0 unspecified atom stereocenters. The molecule has 2 N–H and O–H groups in total. The van der Waals surface area contributed by atoms with Gasteiger partial charge >= 0.3 is 0 Å². The second kappa shape index (κ2) is 19.0. The van der Waals surface area contributed by atoms with Crippen molar-refractivity contribution in [3.8, 4) is 44.9 Å². The molecular formula is C83H53B2N7O. The Bertz CT molecular complexity index is 5470. The van der Waals surface area contributed by atoms with Gasteiger partial charge in [0.15, 0.2) is 11.5 Å². The Hall–Kier alpha value is -12.1. The fraction of sp³-hybridized carbons (Fsp3) is 0.0120. The first kappa shape index (κ1) is 50.7. The van der Waals surface area contributed by atoms with E-state index < -0.39 is 0 Å². The SMILES string of the molecule is Cc1cc2c3c(c1)N1c4c(ccc5c4N(c4cc(N(c6ccccc6)c6ccccc6)cc6c4B5c4ccc(-c5ccccc5)c5c4N6c4ccccc4N5)c4c(-c5ccccc5)oc(-c5ccccc5)c41)B3c1cc(-c3ccccc3)cc3c1N2c1ccccc1N3. The van der Waals surface area contributed by atoms with Crippen LogP contribution in [0.4, 0.5) is 108 Å². The molecule has 0 aliphatic carbocycles. The van der Waals surface area contributed by atoms with E-state index in [9.17, 15) is 0 Å². The molecule has 1 aromatic heterocycles. The molecule has 14 aromatic rings. The third kappa shape index (κ3) is 6.96. The van der Waals surface area contributed by atoms with Crippen LogP contribution in [0.15, 0.2) is 296 Å². The summed E-state index contributed by atoms with van der Waals surface area (Å²) in [5, 5.41) is 8.11. The first-order chi connectivity index (χ1) is 46.1. The molecule has 21 rings (SSSR count). The summed E-state index contributed by atoms with van der Waals surface area (Å²) in [7, 11) is 0. The summed E-state index contributed by atoms with van der Waals surface area (Å²) >= 11 is 0. The molecule has 0 saturated carbocycles. The van der Waals surface area contributed by atoms with Crippen molar-refractivity contribution >= 4 is 154 Å². The lowest BCUT2D eigenvalue weighted by Gasteiger charge is -2.52. The Kier molecular flexibility index (Phi) is 10.3. The number of nitrogens with one attached hydrogen (secondary N) is 2. The van der Waals surface area contributed by atoms with Crippen molar-refractivity contribution in [3.63, 3.8) is 0 Å². The van der Waals surface area contributed by atoms with Crippen molar-refractivity contribution in [1.29, 1.82) is 0 Å². The summed E-state index contributed by atoms with van der Waals surface area (Å²) in [6.07, 6.45) is 0. The molecule has 0 saturated heterocycles. The molecule has 432 valence electrons. The second-order valence-corrected chi connectivity index (χ2v) is 25.4. The fourth-order valence-electron chi connectivity index (χ4n) is 16.7. The van der Waals surface area contributed by atoms with E-state index in [-0.39, 0.29) is 13.4 Å². The van der Waals surface area contributed by atoms with Gasteiger partial charge < -0.3 is 39.6 Å². The van der Waals surface area contributed by atoms with Gasteiger partial charge in [0.2, 0.25) is 0 Å². The highest BCUT2D eigenvalue weighted by Gasteiger charge is 2.55. The van der Waals surface area contributed by atoms with Crippen LogP contribution in [-0.4, -0.2) is 13.4 Å². The van der Waals surface area contributed by atoms with E-state index in [4.69, 9.17) is 4.42 Å². The molecule has 0 atom stereocenters. The largest absolute Gasteiger partial charge is 0.452 e. The third-order valence-corrected chi connectivity index (χ3v) is 20.3. The van der Waals surface area contributed by atoms with Crippen molar-refractivity contribution in [2.24, 2.45) is 0 Å². The molecular weight excluding hydrogens is 1130 g/mol. The summed E-state index contributed by atoms with van der Waals surface area (Å²) < 4.78 is 7.86. The molecule has 8 nitrogen and oxygen atoms in total. The molecule has 0 amide bonds. The Morgan fingerprint density at radius 3 is 1.30 bits per heavy atom. The predicted octanol–water partition coefficient (Wildman–Crippen LogP) is 18.3. The van der Waals surface area contributed by atoms with Crippen LogP contribution in [-0.2, 0) is 0 Å². The quantitative estimate of drug-likeness (QED) is 0.153. The van der Waals surface area contributed by atoms with Crippen LogP contribution in [0.25, 0.3) is 44.9 Å². The minimum Gasteiger partial charge on any atom is -0.452 e. The van der Waals surface area contributed by atoms with Crippen molar-refractivity contribution in [2.45, 2.75) is 6.92 Å². The first-order valence-electron chi connectivity index (χ1n) is 32.1. The molecule has 0 bridgehead atoms. The number of benzene rings is 13. The van der Waals surface area contributed by atoms with E-state index in [1.54, 1.807) is 0 Å². The van der Waals surface area contributed by atoms with E-state index in [2.05, 4.69) is 333 Å². The molecule has 7 aliphatic heterocycles. The summed E-state index contributed by atoms with van der Waals surface area (Å²) in [6, 6.07) is 107. The fourth-order valence-corrected chi connectivity index (χ4v) is 16.7. The Balaban J connectivity index is 0.939. The van der Waals surface area contributed by atoms with Crippen LogP contribution >= 0.6 is 0 Å². The Labute approximate surface area is 539 Å². The summed E-state index contributed by atoms with van der Waals surface area (Å²) in [5.41, 5.74) is 36.1. The number of aryl methyl sites for hydroxylation is 1. The smallest absolute Gasteiger partial charge is 0.252 e. The summed E-state index contributed by atoms with van der Waals surface area (Å²) in [6.45, 7) is 1.87. The number of rotatable bonds is 7. The van der Waals surface area contributed by atoms with Crippen molar-refractivity contribution < 1.29 is 4.42 Å². The number of anilines is 19. The molecule has 93 heavy (non-hydrogen) atoms. The van der Waals surface area contributed by atoms with Crippen molar-refractivity contribution in [3.05, 3.63) is 297 Å². The molecule has 0 fully saturated rings. The highest BCUT2D eigenvalue weighted by Crippen LogP contribution is 2.65. The predicted molar refractivity (Wildman–Crippen MR) is 388 cm³/mol. The lowest BCUT2D eigenvalue weighted by atomic mass is 9.30. The average Bonchev–Trinajstić information content (AvgIpc) is 1.60. The van der Waals surface area contributed by atoms with E-state index in [1.807, 2.05) is 0 Å². The monoisotopic (exact) mass is 1190 g/mol. The van der Waals surface area contributed by atoms with E-state index >= 15 is 0 Å². The van der Waals surface area contributed by atoms with Gasteiger partial charge in [-0.05, 0) is 141 Å². The van der Waals surface area contributed by atoms with Gasteiger partial charge in [-0.1, -0.05) is 212 Å². The van der Waals surface area contributed by atoms with E-state index in [0.29, 0.717) is 0 Å². The van der Waals surface area contributed by atoms with Crippen LogP contribution < -0.4 is 67.9 Å². The zero-order valence-electron chi connectivity index (χ0n) is 50.5. The van der Waals surface area contributed by atoms with Crippen LogP contribution in [0.1, 0.15) is 5.56 Å². The van der Waals surface area contributed by atoms with Gasteiger partial charge in [0, 0.05) is 50.8 Å². The minimum absolute atomic E-state index is 0.188. The molecule has 0 radical (unpaired) electrons. The van der Waals surface area contributed by atoms with Crippen molar-refractivity contribution in [2.75, 3.05) is 35.1 Å². The van der Waals surface area contributed by atoms with Gasteiger partial charge in [-0.3, -0.25) is 0 Å². The van der Waals surface area contributed by atoms with Crippen LogP contribution in [0.3, 0.4) is 0 Å². The molecule has 0 spiro atoms. The van der Waals surface area contributed by atoms with Gasteiger partial charge in [0.1, 0.15) is 11.4 Å². The zero-order valence-corrected chi connectivity index (χ0v) is 50.5. The van der Waals surface area contributed by atoms with Gasteiger partial charge in [0.05, 0.1) is 62.6 Å². The van der Waals surface area contributed by atoms with Crippen molar-refractivity contribution in [1.82, 2.24) is 0 Å². The van der Waals surface area contributed by atoms with E-state index in [0.717, 1.165) is 130 Å². The van der Waals surface area contributed by atoms with Crippen LogP contribution in [0.2, 0.25) is 0 Å². The Morgan fingerprint density at radius 2 is 0.731 bits per heavy atom. The Morgan fingerprint density at radius 1 is 0.301 bits per heavy atom. The van der Waals surface area contributed by atoms with Gasteiger partial charge in [-0.2, -0.15) is 0 Å². The number of hydrogen-bond donors (Lipinski definition) is 2. The van der Waals surface area contributed by atoms with Crippen LogP contribution in [0, 0.1) is 6.92 Å². The number of para-hydroxylation sites is 6. The first-order valence-corrected chi connectivity index (χ1v) is 32.1. The van der Waals surface area contributed by atoms with Gasteiger partial charge in [-0.25, -0.2) is 0 Å². The summed E-state index contributed by atoms with van der Waals surface area (Å²) in [5.74, 6) is 1.60. The number of nitrogens with zero attached hydrogens (tertiary/aromatic N) is 5. The standard InChI is InChI=1S/C83H53B2N7O/c1-50-44-69-73-70(45-50)91-79-62(85(73)63-46-55(51-24-8-2-9-25-51)47-66-76(63)89(69)67-38-22-20-36-64(67)86-66)43-42-61-78(79)92(81-80(91)82(53-28-12-4-13-29-53)93-83(81)54-30-14-5-15-31-54)72-49-58(88(56-32-16-6-17-33-56)57-34-18-7-19-35-57)48-71-74(72)84(61)60-41-40-59(52-26-10-3-11-27-52)75-77(60)90(71)68-39-23-21-37-65(68)87-75/h2-49,86-87H,1H3. The number of fused-ring (bicyclic) bond motifs is 15. The molecule has 13 aromatic carbocycles. The number of furan rings is 1. The lowest BCUT2D eigenvalue weighted by Crippen LogP contribution is -2.65. The molecule has 8 heterocycles. The normalized spacial score (nSPS) is 13.7. The third-order valence-electron chi connectivity index (χ3n) is 20.3.